The van der Waals surface area contributed by atoms with E-state index >= 15 is 0 Å². The summed E-state index contributed by atoms with van der Waals surface area (Å²) < 4.78 is 10.4. The number of carbonyl (C=O) groups excluding carboxylic acids is 1. The van der Waals surface area contributed by atoms with Crippen LogP contribution in [-0.4, -0.2) is 19.2 Å². The molecule has 0 amide bonds. The van der Waals surface area contributed by atoms with Crippen molar-refractivity contribution in [2.24, 2.45) is 0 Å². The number of carbonyl (C=O) groups is 1. The Morgan fingerprint density at radius 1 is 0.952 bits per heavy atom. The number of hydrogen-bond acceptors (Lipinski definition) is 3. The minimum atomic E-state index is -0.334. The lowest BCUT2D eigenvalue weighted by Crippen LogP contribution is -2.15. The highest BCUT2D eigenvalue weighted by Crippen LogP contribution is 2.22. The fourth-order valence-corrected chi connectivity index (χ4v) is 1.89. The van der Waals surface area contributed by atoms with Crippen LogP contribution in [0.15, 0.2) is 48.5 Å². The zero-order valence-electron chi connectivity index (χ0n) is 12.5. The van der Waals surface area contributed by atoms with Gasteiger partial charge in [-0.3, -0.25) is 0 Å². The first-order valence-corrected chi connectivity index (χ1v) is 7.14. The molecule has 0 radical (unpaired) electrons. The molecule has 2 aromatic carbocycles. The van der Waals surface area contributed by atoms with Crippen molar-refractivity contribution in [1.29, 1.82) is 0 Å². The Hall–Kier alpha value is -2.29. The molecule has 0 aromatic heterocycles. The molecule has 2 rings (SSSR count). The van der Waals surface area contributed by atoms with Gasteiger partial charge in [0.2, 0.25) is 0 Å². The van der Waals surface area contributed by atoms with Crippen molar-refractivity contribution in [2.75, 3.05) is 13.2 Å². The summed E-state index contributed by atoms with van der Waals surface area (Å²) in [7, 11) is 0. The highest BCUT2D eigenvalue weighted by Gasteiger charge is 2.04. The fraction of sp³-hybridized carbons (Fsp3) is 0.278. The predicted octanol–water partition coefficient (Wildman–Crippen LogP) is 3.99. The van der Waals surface area contributed by atoms with Crippen molar-refractivity contribution < 1.29 is 14.3 Å². The van der Waals surface area contributed by atoms with E-state index in [1.807, 2.05) is 31.2 Å². The summed E-state index contributed by atoms with van der Waals surface area (Å²) in [5.41, 5.74) is 3.52. The van der Waals surface area contributed by atoms with Gasteiger partial charge in [-0.25, -0.2) is 4.79 Å². The maximum atomic E-state index is 11.3. The van der Waals surface area contributed by atoms with Crippen molar-refractivity contribution in [1.82, 2.24) is 0 Å². The molecule has 0 saturated heterocycles. The summed E-state index contributed by atoms with van der Waals surface area (Å²) in [5, 5.41) is 0. The summed E-state index contributed by atoms with van der Waals surface area (Å²) >= 11 is 0. The van der Waals surface area contributed by atoms with Gasteiger partial charge in [-0.15, -0.1) is 0 Å². The largest absolute Gasteiger partial charge is 0.482 e. The zero-order chi connectivity index (χ0) is 15.1. The standard InChI is InChI=1S/C18H20O3/c1-3-12-20-18(19)13-21-17-10-8-16(9-11-17)15-6-4-14(2)5-7-15/h4-11H,3,12-13H2,1-2H3. The molecule has 110 valence electrons. The number of rotatable bonds is 6. The summed E-state index contributed by atoms with van der Waals surface area (Å²) in [6.45, 7) is 4.41. The minimum Gasteiger partial charge on any atom is -0.482 e. The van der Waals surface area contributed by atoms with E-state index in [9.17, 15) is 4.79 Å². The van der Waals surface area contributed by atoms with E-state index in [-0.39, 0.29) is 12.6 Å². The van der Waals surface area contributed by atoms with Crippen molar-refractivity contribution in [2.45, 2.75) is 20.3 Å². The average Bonchev–Trinajstić information content (AvgIpc) is 2.52. The maximum absolute atomic E-state index is 11.3. The Balaban J connectivity index is 1.93. The lowest BCUT2D eigenvalue weighted by atomic mass is 10.0. The first-order chi connectivity index (χ1) is 10.2. The Bertz CT molecular complexity index is 570. The van der Waals surface area contributed by atoms with Crippen LogP contribution in [-0.2, 0) is 9.53 Å². The molecular weight excluding hydrogens is 264 g/mol. The average molecular weight is 284 g/mol. The Morgan fingerprint density at radius 2 is 1.52 bits per heavy atom. The van der Waals surface area contributed by atoms with E-state index in [0.29, 0.717) is 12.4 Å². The first kappa shape index (κ1) is 15.1. The number of benzene rings is 2. The summed E-state index contributed by atoms with van der Waals surface area (Å²) in [6, 6.07) is 16.0. The molecule has 3 heteroatoms. The molecule has 0 aliphatic carbocycles. The van der Waals surface area contributed by atoms with Crippen LogP contribution in [0.5, 0.6) is 5.75 Å². The molecule has 0 bridgehead atoms. The van der Waals surface area contributed by atoms with Gasteiger partial charge < -0.3 is 9.47 Å². The van der Waals surface area contributed by atoms with Crippen molar-refractivity contribution in [3.05, 3.63) is 54.1 Å². The van der Waals surface area contributed by atoms with Gasteiger partial charge in [-0.05, 0) is 36.6 Å². The van der Waals surface area contributed by atoms with E-state index in [4.69, 9.17) is 9.47 Å². The van der Waals surface area contributed by atoms with Crippen LogP contribution in [0.25, 0.3) is 11.1 Å². The molecule has 3 nitrogen and oxygen atoms in total. The van der Waals surface area contributed by atoms with Crippen LogP contribution >= 0.6 is 0 Å². The monoisotopic (exact) mass is 284 g/mol. The van der Waals surface area contributed by atoms with Crippen LogP contribution in [0.4, 0.5) is 0 Å². The zero-order valence-corrected chi connectivity index (χ0v) is 12.5. The third-order valence-corrected chi connectivity index (χ3v) is 3.06. The fourth-order valence-electron chi connectivity index (χ4n) is 1.89. The quantitative estimate of drug-likeness (QED) is 0.752. The van der Waals surface area contributed by atoms with E-state index in [2.05, 4.69) is 31.2 Å². The molecule has 0 aliphatic rings. The molecular formula is C18H20O3. The van der Waals surface area contributed by atoms with E-state index < -0.39 is 0 Å². The summed E-state index contributed by atoms with van der Waals surface area (Å²) in [4.78, 5) is 11.3. The molecule has 0 unspecified atom stereocenters. The highest BCUT2D eigenvalue weighted by molar-refractivity contribution is 5.71. The molecule has 0 fully saturated rings. The van der Waals surface area contributed by atoms with Crippen LogP contribution in [0.2, 0.25) is 0 Å². The molecule has 0 aliphatic heterocycles. The maximum Gasteiger partial charge on any atom is 0.344 e. The third kappa shape index (κ3) is 4.63. The van der Waals surface area contributed by atoms with Crippen molar-refractivity contribution in [3.8, 4) is 16.9 Å². The molecule has 0 heterocycles. The van der Waals surface area contributed by atoms with Crippen molar-refractivity contribution in [3.63, 3.8) is 0 Å². The van der Waals surface area contributed by atoms with Gasteiger partial charge >= 0.3 is 5.97 Å². The van der Waals surface area contributed by atoms with Gasteiger partial charge in [0.1, 0.15) is 5.75 Å². The predicted molar refractivity (Wildman–Crippen MR) is 83.4 cm³/mol. The summed E-state index contributed by atoms with van der Waals surface area (Å²) in [5.74, 6) is 0.332. The molecule has 0 atom stereocenters. The molecule has 2 aromatic rings. The second-order valence-corrected chi connectivity index (χ2v) is 4.90. The number of ether oxygens (including phenoxy) is 2. The number of aryl methyl sites for hydroxylation is 1. The Morgan fingerprint density at radius 3 is 2.10 bits per heavy atom. The normalized spacial score (nSPS) is 10.2. The van der Waals surface area contributed by atoms with E-state index in [1.165, 1.54) is 5.56 Å². The van der Waals surface area contributed by atoms with Gasteiger partial charge in [0.25, 0.3) is 0 Å². The first-order valence-electron chi connectivity index (χ1n) is 7.14. The SMILES string of the molecule is CCCOC(=O)COc1ccc(-c2ccc(C)cc2)cc1. The van der Waals surface area contributed by atoms with Gasteiger partial charge in [-0.2, -0.15) is 0 Å². The lowest BCUT2D eigenvalue weighted by molar-refractivity contribution is -0.146. The van der Waals surface area contributed by atoms with Gasteiger partial charge in [0, 0.05) is 0 Å². The molecule has 0 spiro atoms. The second kappa shape index (κ2) is 7.48. The van der Waals surface area contributed by atoms with Crippen LogP contribution in [0.1, 0.15) is 18.9 Å². The van der Waals surface area contributed by atoms with Crippen molar-refractivity contribution >= 4 is 5.97 Å². The lowest BCUT2D eigenvalue weighted by Gasteiger charge is -2.07. The van der Waals surface area contributed by atoms with Gasteiger partial charge in [0.15, 0.2) is 6.61 Å². The minimum absolute atomic E-state index is 0.0517. The van der Waals surface area contributed by atoms with Gasteiger partial charge in [-0.1, -0.05) is 48.9 Å². The third-order valence-electron chi connectivity index (χ3n) is 3.06. The van der Waals surface area contributed by atoms with Crippen LogP contribution < -0.4 is 4.74 Å². The Kier molecular flexibility index (Phi) is 5.38. The van der Waals surface area contributed by atoms with E-state index in [0.717, 1.165) is 17.5 Å². The smallest absolute Gasteiger partial charge is 0.344 e. The second-order valence-electron chi connectivity index (χ2n) is 4.90. The topological polar surface area (TPSA) is 35.5 Å². The number of hydrogen-bond donors (Lipinski definition) is 0. The Labute approximate surface area is 125 Å². The van der Waals surface area contributed by atoms with E-state index in [1.54, 1.807) is 0 Å². The number of esters is 1. The highest BCUT2D eigenvalue weighted by atomic mass is 16.6. The molecule has 0 saturated carbocycles. The van der Waals surface area contributed by atoms with Gasteiger partial charge in [0.05, 0.1) is 6.61 Å². The molecule has 0 N–H and O–H groups in total. The molecule has 21 heavy (non-hydrogen) atoms. The van der Waals surface area contributed by atoms with Crippen LogP contribution in [0.3, 0.4) is 0 Å². The van der Waals surface area contributed by atoms with Crippen LogP contribution in [0, 0.1) is 6.92 Å². The summed E-state index contributed by atoms with van der Waals surface area (Å²) in [6.07, 6.45) is 0.816.